The van der Waals surface area contributed by atoms with E-state index < -0.39 is 0 Å². The van der Waals surface area contributed by atoms with Gasteiger partial charge in [-0.2, -0.15) is 0 Å². The van der Waals surface area contributed by atoms with E-state index >= 15 is 0 Å². The number of hydrogen-bond donors (Lipinski definition) is 0. The van der Waals surface area contributed by atoms with Crippen LogP contribution in [0.1, 0.15) is 43.9 Å². The Morgan fingerprint density at radius 3 is 2.59 bits per heavy atom. The summed E-state index contributed by atoms with van der Waals surface area (Å²) >= 11 is 0. The van der Waals surface area contributed by atoms with Crippen molar-refractivity contribution >= 4 is 0 Å². The summed E-state index contributed by atoms with van der Waals surface area (Å²) in [5.41, 5.74) is 2.09. The van der Waals surface area contributed by atoms with Gasteiger partial charge in [-0.05, 0) is 64.3 Å². The van der Waals surface area contributed by atoms with Crippen LogP contribution in [0.4, 0.5) is 4.39 Å². The summed E-state index contributed by atoms with van der Waals surface area (Å²) in [6.45, 7) is 8.66. The highest BCUT2D eigenvalue weighted by Crippen LogP contribution is 2.30. The van der Waals surface area contributed by atoms with Gasteiger partial charge in [0.2, 0.25) is 0 Å². The maximum absolute atomic E-state index is 13.2. The number of aryl methyl sites for hydroxylation is 1. The lowest BCUT2D eigenvalue weighted by Crippen LogP contribution is -2.38. The van der Waals surface area contributed by atoms with Crippen molar-refractivity contribution in [2.75, 3.05) is 13.1 Å². The van der Waals surface area contributed by atoms with Gasteiger partial charge in [-0.15, -0.1) is 0 Å². The van der Waals surface area contributed by atoms with Gasteiger partial charge in [-0.25, -0.2) is 4.39 Å². The summed E-state index contributed by atoms with van der Waals surface area (Å²) in [4.78, 5) is 6.60. The van der Waals surface area contributed by atoms with Gasteiger partial charge in [-0.3, -0.25) is 4.98 Å². The predicted molar refractivity (Wildman–Crippen MR) is 67.6 cm³/mol. The first-order chi connectivity index (χ1) is 8.08. The third-order valence-electron chi connectivity index (χ3n) is 3.79. The van der Waals surface area contributed by atoms with Gasteiger partial charge in [0, 0.05) is 11.7 Å². The zero-order chi connectivity index (χ0) is 12.4. The predicted octanol–water partition coefficient (Wildman–Crippen LogP) is 3.12. The molecule has 1 aliphatic rings. The van der Waals surface area contributed by atoms with Crippen LogP contribution in [0.25, 0.3) is 0 Å². The van der Waals surface area contributed by atoms with Crippen LogP contribution in [0.5, 0.6) is 0 Å². The van der Waals surface area contributed by atoms with Gasteiger partial charge in [-0.1, -0.05) is 0 Å². The van der Waals surface area contributed by atoms with Crippen molar-refractivity contribution in [1.29, 1.82) is 0 Å². The van der Waals surface area contributed by atoms with Crippen molar-refractivity contribution in [3.8, 4) is 0 Å². The van der Waals surface area contributed by atoms with E-state index in [9.17, 15) is 4.39 Å². The Morgan fingerprint density at radius 2 is 2.00 bits per heavy atom. The second-order valence-corrected chi connectivity index (χ2v) is 5.23. The van der Waals surface area contributed by atoms with Crippen LogP contribution in [0.2, 0.25) is 0 Å². The smallest absolute Gasteiger partial charge is 0.141 e. The highest BCUT2D eigenvalue weighted by molar-refractivity contribution is 5.24. The number of halogens is 1. The molecule has 0 N–H and O–H groups in total. The Bertz CT molecular complexity index is 382. The van der Waals surface area contributed by atoms with Crippen LogP contribution in [0, 0.1) is 12.7 Å². The molecule has 0 amide bonds. The molecule has 1 aliphatic heterocycles. The summed E-state index contributed by atoms with van der Waals surface area (Å²) in [5, 5.41) is 0. The first-order valence-electron chi connectivity index (χ1n) is 6.44. The molecule has 17 heavy (non-hydrogen) atoms. The minimum atomic E-state index is -0.211. The Morgan fingerprint density at radius 1 is 1.35 bits per heavy atom. The Balaban J connectivity index is 2.07. The van der Waals surface area contributed by atoms with E-state index in [0.29, 0.717) is 12.0 Å². The van der Waals surface area contributed by atoms with Gasteiger partial charge < -0.3 is 4.90 Å². The lowest BCUT2D eigenvalue weighted by Gasteiger charge is -2.35. The largest absolute Gasteiger partial charge is 0.301 e. The zero-order valence-corrected chi connectivity index (χ0v) is 10.9. The fraction of sp³-hybridized carbons (Fsp3) is 0.643. The van der Waals surface area contributed by atoms with Gasteiger partial charge >= 0.3 is 0 Å². The average molecular weight is 236 g/mol. The van der Waals surface area contributed by atoms with Crippen LogP contribution in [0.3, 0.4) is 0 Å². The Labute approximate surface area is 103 Å². The molecule has 2 rings (SSSR count). The van der Waals surface area contributed by atoms with Gasteiger partial charge in [0.15, 0.2) is 0 Å². The molecule has 0 saturated carbocycles. The van der Waals surface area contributed by atoms with Crippen molar-refractivity contribution in [3.63, 3.8) is 0 Å². The van der Waals surface area contributed by atoms with Crippen LogP contribution < -0.4 is 0 Å². The van der Waals surface area contributed by atoms with E-state index in [1.807, 2.05) is 6.92 Å². The molecule has 1 saturated heterocycles. The summed E-state index contributed by atoms with van der Waals surface area (Å²) in [6.07, 6.45) is 3.54. The van der Waals surface area contributed by atoms with Crippen LogP contribution >= 0.6 is 0 Å². The number of rotatable bonds is 2. The molecular weight excluding hydrogens is 215 g/mol. The van der Waals surface area contributed by atoms with Crippen LogP contribution in [0.15, 0.2) is 12.3 Å². The zero-order valence-electron chi connectivity index (χ0n) is 10.9. The van der Waals surface area contributed by atoms with Crippen molar-refractivity contribution in [3.05, 3.63) is 29.3 Å². The van der Waals surface area contributed by atoms with E-state index in [0.717, 1.165) is 37.2 Å². The molecule has 0 aromatic carbocycles. The van der Waals surface area contributed by atoms with E-state index in [-0.39, 0.29) is 5.82 Å². The first-order valence-corrected chi connectivity index (χ1v) is 6.44. The molecule has 1 aromatic rings. The minimum Gasteiger partial charge on any atom is -0.301 e. The molecule has 2 heterocycles. The fourth-order valence-electron chi connectivity index (χ4n) is 2.66. The molecular formula is C14H21FN2. The van der Waals surface area contributed by atoms with E-state index in [1.165, 1.54) is 6.20 Å². The SMILES string of the molecule is Cc1ncc(F)cc1C1CCN(C(C)C)CC1. The first kappa shape index (κ1) is 12.5. The van der Waals surface area contributed by atoms with Crippen molar-refractivity contribution in [2.45, 2.75) is 45.6 Å². The van der Waals surface area contributed by atoms with Crippen molar-refractivity contribution in [1.82, 2.24) is 9.88 Å². The average Bonchev–Trinajstić information content (AvgIpc) is 2.32. The highest BCUT2D eigenvalue weighted by atomic mass is 19.1. The number of nitrogens with zero attached hydrogens (tertiary/aromatic N) is 2. The summed E-state index contributed by atoms with van der Waals surface area (Å²) in [7, 11) is 0. The van der Waals surface area contributed by atoms with Gasteiger partial charge in [0.05, 0.1) is 6.20 Å². The standard InChI is InChI=1S/C14H21FN2/c1-10(2)17-6-4-12(5-7-17)14-8-13(15)9-16-11(14)3/h8-10,12H,4-7H2,1-3H3. The number of aromatic nitrogens is 1. The fourth-order valence-corrected chi connectivity index (χ4v) is 2.66. The topological polar surface area (TPSA) is 16.1 Å². The monoisotopic (exact) mass is 236 g/mol. The quantitative estimate of drug-likeness (QED) is 0.784. The second kappa shape index (κ2) is 5.13. The minimum absolute atomic E-state index is 0.211. The highest BCUT2D eigenvalue weighted by Gasteiger charge is 2.23. The lowest BCUT2D eigenvalue weighted by atomic mass is 9.88. The molecule has 0 spiro atoms. The van der Waals surface area contributed by atoms with Gasteiger partial charge in [0.25, 0.3) is 0 Å². The molecule has 94 valence electrons. The third kappa shape index (κ3) is 2.83. The molecule has 0 aliphatic carbocycles. The summed E-state index contributed by atoms with van der Waals surface area (Å²) < 4.78 is 13.2. The molecule has 0 atom stereocenters. The van der Waals surface area contributed by atoms with E-state index in [4.69, 9.17) is 0 Å². The maximum Gasteiger partial charge on any atom is 0.141 e. The van der Waals surface area contributed by atoms with Crippen molar-refractivity contribution < 1.29 is 4.39 Å². The lowest BCUT2D eigenvalue weighted by molar-refractivity contribution is 0.171. The van der Waals surface area contributed by atoms with E-state index in [1.54, 1.807) is 6.07 Å². The number of hydrogen-bond acceptors (Lipinski definition) is 2. The molecule has 3 heteroatoms. The summed E-state index contributed by atoms with van der Waals surface area (Å²) in [6, 6.07) is 2.28. The van der Waals surface area contributed by atoms with Gasteiger partial charge in [0.1, 0.15) is 5.82 Å². The number of piperidine rings is 1. The number of pyridine rings is 1. The second-order valence-electron chi connectivity index (χ2n) is 5.23. The molecule has 1 fully saturated rings. The van der Waals surface area contributed by atoms with Crippen LogP contribution in [-0.4, -0.2) is 29.0 Å². The third-order valence-corrected chi connectivity index (χ3v) is 3.79. The van der Waals surface area contributed by atoms with Crippen LogP contribution in [-0.2, 0) is 0 Å². The van der Waals surface area contributed by atoms with E-state index in [2.05, 4.69) is 23.7 Å². The summed E-state index contributed by atoms with van der Waals surface area (Å²) in [5.74, 6) is 0.269. The molecule has 0 bridgehead atoms. The van der Waals surface area contributed by atoms with Crippen molar-refractivity contribution in [2.24, 2.45) is 0 Å². The maximum atomic E-state index is 13.2. The molecule has 0 radical (unpaired) electrons. The molecule has 1 aromatic heterocycles. The normalized spacial score (nSPS) is 18.9. The molecule has 2 nitrogen and oxygen atoms in total. The number of likely N-dealkylation sites (tertiary alicyclic amines) is 1. The Hall–Kier alpha value is -0.960. The Kier molecular flexibility index (Phi) is 3.77. The molecule has 0 unspecified atom stereocenters.